The van der Waals surface area contributed by atoms with Crippen molar-refractivity contribution in [1.82, 2.24) is 10.4 Å². The van der Waals surface area contributed by atoms with Crippen LogP contribution in [0.25, 0.3) is 5.70 Å². The molecule has 2 aromatic carbocycles. The molecule has 0 atom stereocenters. The quantitative estimate of drug-likeness (QED) is 0.562. The summed E-state index contributed by atoms with van der Waals surface area (Å²) >= 11 is 0. The van der Waals surface area contributed by atoms with Gasteiger partial charge in [0.2, 0.25) is 0 Å². The third-order valence-electron chi connectivity index (χ3n) is 4.32. The van der Waals surface area contributed by atoms with E-state index in [9.17, 15) is 4.79 Å². The molecule has 0 saturated carbocycles. The van der Waals surface area contributed by atoms with E-state index in [1.54, 1.807) is 19.2 Å². The third kappa shape index (κ3) is 5.00. The molecule has 1 aliphatic heterocycles. The molecular formula is C23H23N3O3. The SMILES string of the molecule is C=C1C=CC=C(c2ccc(COC)cc2)N1NC(C)=Nc1ccc(C(=O)O)cc1. The summed E-state index contributed by atoms with van der Waals surface area (Å²) in [5, 5.41) is 10.9. The normalized spacial score (nSPS) is 14.0. The van der Waals surface area contributed by atoms with Crippen LogP contribution in [0.2, 0.25) is 0 Å². The Morgan fingerprint density at radius 1 is 1.17 bits per heavy atom. The molecule has 148 valence electrons. The third-order valence-corrected chi connectivity index (χ3v) is 4.32. The summed E-state index contributed by atoms with van der Waals surface area (Å²) in [6.07, 6.45) is 5.86. The first kappa shape index (κ1) is 20.1. The van der Waals surface area contributed by atoms with Gasteiger partial charge in [0.05, 0.1) is 29.3 Å². The molecule has 0 unspecified atom stereocenters. The molecule has 6 nitrogen and oxygen atoms in total. The van der Waals surface area contributed by atoms with Gasteiger partial charge in [-0.2, -0.15) is 0 Å². The minimum Gasteiger partial charge on any atom is -0.478 e. The fourth-order valence-corrected chi connectivity index (χ4v) is 2.91. The average Bonchev–Trinajstić information content (AvgIpc) is 2.71. The number of methoxy groups -OCH3 is 1. The number of nitrogens with zero attached hydrogens (tertiary/aromatic N) is 2. The van der Waals surface area contributed by atoms with Crippen LogP contribution in [-0.2, 0) is 11.3 Å². The van der Waals surface area contributed by atoms with Crippen LogP contribution in [-0.4, -0.2) is 29.0 Å². The van der Waals surface area contributed by atoms with E-state index in [1.807, 2.05) is 54.4 Å². The van der Waals surface area contributed by atoms with Crippen LogP contribution in [0.5, 0.6) is 0 Å². The number of allylic oxidation sites excluding steroid dienone is 3. The first-order valence-electron chi connectivity index (χ1n) is 9.09. The van der Waals surface area contributed by atoms with Gasteiger partial charge < -0.3 is 9.84 Å². The minimum atomic E-state index is -0.960. The summed E-state index contributed by atoms with van der Waals surface area (Å²) in [7, 11) is 1.68. The summed E-state index contributed by atoms with van der Waals surface area (Å²) in [5.41, 5.74) is 8.00. The number of aliphatic imine (C=N–C) groups is 1. The van der Waals surface area contributed by atoms with Crippen molar-refractivity contribution < 1.29 is 14.6 Å². The first-order chi connectivity index (χ1) is 14.0. The highest BCUT2D eigenvalue weighted by Gasteiger charge is 2.16. The van der Waals surface area contributed by atoms with Crippen LogP contribution in [0.3, 0.4) is 0 Å². The summed E-state index contributed by atoms with van der Waals surface area (Å²) in [6, 6.07) is 14.5. The second-order valence-electron chi connectivity index (χ2n) is 6.53. The Hall–Kier alpha value is -3.64. The van der Waals surface area contributed by atoms with E-state index in [2.05, 4.69) is 17.0 Å². The molecule has 0 amide bonds. The molecule has 0 radical (unpaired) electrons. The molecule has 0 saturated heterocycles. The number of carboxylic acids is 1. The van der Waals surface area contributed by atoms with E-state index in [0.717, 1.165) is 22.5 Å². The van der Waals surface area contributed by atoms with Gasteiger partial charge >= 0.3 is 5.97 Å². The molecule has 0 fully saturated rings. The van der Waals surface area contributed by atoms with Gasteiger partial charge in [-0.3, -0.25) is 10.4 Å². The second-order valence-corrected chi connectivity index (χ2v) is 6.53. The van der Waals surface area contributed by atoms with Crippen LogP contribution in [0.4, 0.5) is 5.69 Å². The number of ether oxygens (including phenoxy) is 1. The zero-order valence-electron chi connectivity index (χ0n) is 16.4. The van der Waals surface area contributed by atoms with E-state index < -0.39 is 5.97 Å². The molecule has 2 N–H and O–H groups in total. The van der Waals surface area contributed by atoms with Gasteiger partial charge in [-0.1, -0.05) is 36.9 Å². The lowest BCUT2D eigenvalue weighted by Crippen LogP contribution is -2.39. The average molecular weight is 389 g/mol. The molecule has 2 aromatic rings. The number of hydrazine groups is 1. The van der Waals surface area contributed by atoms with Gasteiger partial charge in [0, 0.05) is 12.7 Å². The molecule has 3 rings (SSSR count). The van der Waals surface area contributed by atoms with Gasteiger partial charge in [-0.05, 0) is 48.9 Å². The van der Waals surface area contributed by atoms with Crippen LogP contribution in [0, 0.1) is 0 Å². The van der Waals surface area contributed by atoms with Crippen molar-refractivity contribution in [2.75, 3.05) is 7.11 Å². The number of hydrogen-bond donors (Lipinski definition) is 2. The summed E-state index contributed by atoms with van der Waals surface area (Å²) in [4.78, 5) is 15.5. The Morgan fingerprint density at radius 3 is 2.48 bits per heavy atom. The maximum absolute atomic E-state index is 11.0. The highest BCUT2D eigenvalue weighted by atomic mass is 16.5. The first-order valence-corrected chi connectivity index (χ1v) is 9.09. The van der Waals surface area contributed by atoms with E-state index >= 15 is 0 Å². The van der Waals surface area contributed by atoms with E-state index in [1.165, 1.54) is 12.1 Å². The highest BCUT2D eigenvalue weighted by Crippen LogP contribution is 2.26. The van der Waals surface area contributed by atoms with Gasteiger partial charge in [0.25, 0.3) is 0 Å². The number of rotatable bonds is 6. The topological polar surface area (TPSA) is 74.2 Å². The molecular weight excluding hydrogens is 366 g/mol. The fourth-order valence-electron chi connectivity index (χ4n) is 2.91. The molecule has 1 aliphatic rings. The van der Waals surface area contributed by atoms with Crippen molar-refractivity contribution >= 4 is 23.2 Å². The molecule has 0 aliphatic carbocycles. The summed E-state index contributed by atoms with van der Waals surface area (Å²) < 4.78 is 5.17. The maximum atomic E-state index is 11.0. The summed E-state index contributed by atoms with van der Waals surface area (Å²) in [6.45, 7) is 6.52. The van der Waals surface area contributed by atoms with Crippen molar-refractivity contribution in [2.45, 2.75) is 13.5 Å². The highest BCUT2D eigenvalue weighted by molar-refractivity contribution is 5.88. The lowest BCUT2D eigenvalue weighted by Gasteiger charge is -2.31. The Kier molecular flexibility index (Phi) is 6.26. The Labute approximate surface area is 170 Å². The summed E-state index contributed by atoms with van der Waals surface area (Å²) in [5.74, 6) is -0.315. The van der Waals surface area contributed by atoms with Gasteiger partial charge in [-0.15, -0.1) is 0 Å². The number of carbonyl (C=O) groups is 1. The number of hydrogen-bond acceptors (Lipinski definition) is 4. The Bertz CT molecular complexity index is 987. The van der Waals surface area contributed by atoms with Crippen molar-refractivity contribution in [3.8, 4) is 0 Å². The van der Waals surface area contributed by atoms with Crippen LogP contribution in [0.1, 0.15) is 28.4 Å². The van der Waals surface area contributed by atoms with E-state index in [0.29, 0.717) is 18.1 Å². The molecule has 6 heteroatoms. The smallest absolute Gasteiger partial charge is 0.335 e. The predicted molar refractivity (Wildman–Crippen MR) is 115 cm³/mol. The van der Waals surface area contributed by atoms with Crippen molar-refractivity contribution in [2.24, 2.45) is 4.99 Å². The minimum absolute atomic E-state index is 0.228. The van der Waals surface area contributed by atoms with Gasteiger partial charge in [0.15, 0.2) is 0 Å². The second kappa shape index (κ2) is 9.03. The number of aromatic carboxylic acids is 1. The van der Waals surface area contributed by atoms with Crippen molar-refractivity contribution in [3.05, 3.63) is 95.7 Å². The standard InChI is InChI=1S/C23H23N3O3/c1-16-5-4-6-22(19-9-7-18(8-10-19)15-29-3)26(16)25-17(2)24-21-13-11-20(12-14-21)23(27)28/h4-14H,1,15H2,2-3H3,(H,24,25)(H,27,28). The number of amidine groups is 1. The monoisotopic (exact) mass is 389 g/mol. The largest absolute Gasteiger partial charge is 0.478 e. The van der Waals surface area contributed by atoms with Gasteiger partial charge in [0.1, 0.15) is 5.84 Å². The molecule has 0 bridgehead atoms. The van der Waals surface area contributed by atoms with E-state index in [4.69, 9.17) is 9.84 Å². The lowest BCUT2D eigenvalue weighted by molar-refractivity contribution is 0.0697. The molecule has 0 spiro atoms. The molecule has 1 heterocycles. The van der Waals surface area contributed by atoms with Crippen LogP contribution < -0.4 is 5.43 Å². The zero-order chi connectivity index (χ0) is 20.8. The Balaban J connectivity index is 1.79. The van der Waals surface area contributed by atoms with Crippen molar-refractivity contribution in [3.63, 3.8) is 0 Å². The van der Waals surface area contributed by atoms with Crippen molar-refractivity contribution in [1.29, 1.82) is 0 Å². The number of benzene rings is 2. The van der Waals surface area contributed by atoms with E-state index in [-0.39, 0.29) is 5.56 Å². The van der Waals surface area contributed by atoms with Crippen LogP contribution >= 0.6 is 0 Å². The number of nitrogens with one attached hydrogen (secondary N) is 1. The molecule has 0 aromatic heterocycles. The Morgan fingerprint density at radius 2 is 1.86 bits per heavy atom. The fraction of sp³-hybridized carbons (Fsp3) is 0.130. The maximum Gasteiger partial charge on any atom is 0.335 e. The van der Waals surface area contributed by atoms with Crippen LogP contribution in [0.15, 0.2) is 84.0 Å². The predicted octanol–water partition coefficient (Wildman–Crippen LogP) is 4.51. The zero-order valence-corrected chi connectivity index (χ0v) is 16.4. The molecule has 29 heavy (non-hydrogen) atoms. The van der Waals surface area contributed by atoms with Gasteiger partial charge in [-0.25, -0.2) is 9.79 Å². The lowest BCUT2D eigenvalue weighted by atomic mass is 10.1. The number of carboxylic acid groups (broad SMARTS) is 1.